The lowest BCUT2D eigenvalue weighted by Crippen LogP contribution is -2.22. The molecule has 0 bridgehead atoms. The van der Waals surface area contributed by atoms with Gasteiger partial charge < -0.3 is 10.1 Å². The highest BCUT2D eigenvalue weighted by Gasteiger charge is 2.33. The Balaban J connectivity index is 2.43. The first-order chi connectivity index (χ1) is 9.90. The summed E-state index contributed by atoms with van der Waals surface area (Å²) in [7, 11) is 1.70. The van der Waals surface area contributed by atoms with Crippen LogP contribution in [-0.2, 0) is 0 Å². The van der Waals surface area contributed by atoms with Gasteiger partial charge in [0.05, 0.1) is 6.04 Å². The fourth-order valence-electron chi connectivity index (χ4n) is 2.12. The smallest absolute Gasteiger partial charge is 0.405 e. The van der Waals surface area contributed by atoms with Crippen LogP contribution in [0.3, 0.4) is 0 Å². The molecule has 1 atom stereocenters. The van der Waals surface area contributed by atoms with Crippen molar-refractivity contribution in [2.24, 2.45) is 0 Å². The molecule has 0 aliphatic carbocycles. The van der Waals surface area contributed by atoms with Crippen molar-refractivity contribution in [2.45, 2.75) is 12.4 Å². The van der Waals surface area contributed by atoms with Crippen molar-refractivity contribution in [1.82, 2.24) is 5.32 Å². The van der Waals surface area contributed by atoms with E-state index in [1.165, 1.54) is 12.1 Å². The maximum Gasteiger partial charge on any atom is 0.573 e. The quantitative estimate of drug-likeness (QED) is 0.754. The Morgan fingerprint density at radius 1 is 1.10 bits per heavy atom. The summed E-state index contributed by atoms with van der Waals surface area (Å²) >= 11 is 2.17. The Kier molecular flexibility index (Phi) is 5.10. The summed E-state index contributed by atoms with van der Waals surface area (Å²) in [6.45, 7) is 0. The average molecular weight is 407 g/mol. The lowest BCUT2D eigenvalue weighted by atomic mass is 9.98. The predicted molar refractivity (Wildman–Crippen MR) is 83.2 cm³/mol. The molecular weight excluding hydrogens is 394 g/mol. The number of alkyl halides is 3. The topological polar surface area (TPSA) is 21.3 Å². The summed E-state index contributed by atoms with van der Waals surface area (Å²) in [5, 5.41) is 3.04. The van der Waals surface area contributed by atoms with Crippen molar-refractivity contribution in [3.05, 3.63) is 63.2 Å². The zero-order valence-electron chi connectivity index (χ0n) is 11.1. The molecule has 0 amide bonds. The molecule has 2 aromatic carbocycles. The highest BCUT2D eigenvalue weighted by Crippen LogP contribution is 2.33. The zero-order chi connectivity index (χ0) is 15.5. The predicted octanol–water partition coefficient (Wildman–Crippen LogP) is 4.50. The molecule has 0 fully saturated rings. The number of rotatable bonds is 4. The number of hydrogen-bond acceptors (Lipinski definition) is 2. The van der Waals surface area contributed by atoms with Crippen molar-refractivity contribution < 1.29 is 17.9 Å². The summed E-state index contributed by atoms with van der Waals surface area (Å²) in [5.74, 6) is -0.191. The third-order valence-corrected chi connectivity index (χ3v) is 3.60. The van der Waals surface area contributed by atoms with E-state index in [9.17, 15) is 13.2 Å². The van der Waals surface area contributed by atoms with Gasteiger partial charge in [-0.2, -0.15) is 0 Å². The second-order valence-corrected chi connectivity index (χ2v) is 5.61. The molecule has 0 aliphatic heterocycles. The van der Waals surface area contributed by atoms with Crippen LogP contribution in [-0.4, -0.2) is 13.4 Å². The monoisotopic (exact) mass is 407 g/mol. The standard InChI is InChI=1S/C15H13F3INO/c1-20-14(10-5-4-6-11(19)9-10)12-7-2-3-8-13(12)21-15(16,17)18/h2-9,14,20H,1H3. The van der Waals surface area contributed by atoms with Gasteiger partial charge in [-0.3, -0.25) is 0 Å². The van der Waals surface area contributed by atoms with Gasteiger partial charge in [0.2, 0.25) is 0 Å². The van der Waals surface area contributed by atoms with Gasteiger partial charge in [-0.25, -0.2) is 0 Å². The van der Waals surface area contributed by atoms with E-state index < -0.39 is 6.36 Å². The van der Waals surface area contributed by atoms with Gasteiger partial charge in [-0.15, -0.1) is 13.2 Å². The van der Waals surface area contributed by atoms with Crippen molar-refractivity contribution in [1.29, 1.82) is 0 Å². The van der Waals surface area contributed by atoms with Crippen LogP contribution in [0.1, 0.15) is 17.2 Å². The first kappa shape index (κ1) is 16.1. The first-order valence-corrected chi connectivity index (χ1v) is 7.26. The van der Waals surface area contributed by atoms with Crippen LogP contribution < -0.4 is 10.1 Å². The largest absolute Gasteiger partial charge is 0.573 e. The molecule has 2 nitrogen and oxygen atoms in total. The van der Waals surface area contributed by atoms with Gasteiger partial charge in [0, 0.05) is 9.13 Å². The normalized spacial score (nSPS) is 13.0. The van der Waals surface area contributed by atoms with Crippen LogP contribution in [0, 0.1) is 3.57 Å². The van der Waals surface area contributed by atoms with Crippen molar-refractivity contribution >= 4 is 22.6 Å². The van der Waals surface area contributed by atoms with Gasteiger partial charge in [-0.05, 0) is 53.4 Å². The summed E-state index contributed by atoms with van der Waals surface area (Å²) in [6, 6.07) is 13.4. The minimum Gasteiger partial charge on any atom is -0.405 e. The molecule has 2 rings (SSSR count). The molecule has 112 valence electrons. The number of halogens is 4. The van der Waals surface area contributed by atoms with Crippen LogP contribution in [0.2, 0.25) is 0 Å². The summed E-state index contributed by atoms with van der Waals surface area (Å²) < 4.78 is 42.7. The second kappa shape index (κ2) is 6.65. The second-order valence-electron chi connectivity index (χ2n) is 4.36. The Bertz CT molecular complexity index is 616. The van der Waals surface area contributed by atoms with Gasteiger partial charge in [-0.1, -0.05) is 30.3 Å². The van der Waals surface area contributed by atoms with Crippen LogP contribution >= 0.6 is 22.6 Å². The van der Waals surface area contributed by atoms with Crippen LogP contribution in [0.15, 0.2) is 48.5 Å². The van der Waals surface area contributed by atoms with Crippen LogP contribution in [0.25, 0.3) is 0 Å². The zero-order valence-corrected chi connectivity index (χ0v) is 13.3. The molecule has 0 aromatic heterocycles. The fourth-order valence-corrected chi connectivity index (χ4v) is 2.69. The average Bonchev–Trinajstić information content (AvgIpc) is 2.40. The van der Waals surface area contributed by atoms with Crippen molar-refractivity contribution in [2.75, 3.05) is 7.05 Å². The molecule has 6 heteroatoms. The van der Waals surface area contributed by atoms with E-state index in [4.69, 9.17) is 0 Å². The van der Waals surface area contributed by atoms with Crippen molar-refractivity contribution in [3.63, 3.8) is 0 Å². The highest BCUT2D eigenvalue weighted by atomic mass is 127. The molecule has 0 saturated heterocycles. The molecule has 0 radical (unpaired) electrons. The minimum absolute atomic E-state index is 0.191. The van der Waals surface area contributed by atoms with E-state index in [1.807, 2.05) is 24.3 Å². The van der Waals surface area contributed by atoms with Crippen LogP contribution in [0.4, 0.5) is 13.2 Å². The van der Waals surface area contributed by atoms with E-state index in [2.05, 4.69) is 32.6 Å². The Morgan fingerprint density at radius 2 is 1.81 bits per heavy atom. The first-order valence-electron chi connectivity index (χ1n) is 6.18. The third-order valence-electron chi connectivity index (χ3n) is 2.93. The maximum atomic E-state index is 12.5. The van der Waals surface area contributed by atoms with E-state index in [-0.39, 0.29) is 11.8 Å². The molecule has 0 aliphatic rings. The third kappa shape index (κ3) is 4.34. The van der Waals surface area contributed by atoms with Crippen LogP contribution in [0.5, 0.6) is 5.75 Å². The molecule has 1 N–H and O–H groups in total. The number of hydrogen-bond donors (Lipinski definition) is 1. The lowest BCUT2D eigenvalue weighted by molar-refractivity contribution is -0.275. The van der Waals surface area contributed by atoms with E-state index in [0.29, 0.717) is 5.56 Å². The summed E-state index contributed by atoms with van der Waals surface area (Å²) in [6.07, 6.45) is -4.71. The number of nitrogens with one attached hydrogen (secondary N) is 1. The Labute approximate surface area is 134 Å². The number of ether oxygens (including phenoxy) is 1. The minimum atomic E-state index is -4.71. The number of benzene rings is 2. The van der Waals surface area contributed by atoms with Gasteiger partial charge in [0.25, 0.3) is 0 Å². The highest BCUT2D eigenvalue weighted by molar-refractivity contribution is 14.1. The number of para-hydroxylation sites is 1. The van der Waals surface area contributed by atoms with Gasteiger partial charge >= 0.3 is 6.36 Å². The summed E-state index contributed by atoms with van der Waals surface area (Å²) in [5.41, 5.74) is 1.32. The van der Waals surface area contributed by atoms with Gasteiger partial charge in [0.1, 0.15) is 5.75 Å². The molecule has 21 heavy (non-hydrogen) atoms. The SMILES string of the molecule is CNC(c1cccc(I)c1)c1ccccc1OC(F)(F)F. The molecule has 2 aromatic rings. The van der Waals surface area contributed by atoms with E-state index >= 15 is 0 Å². The molecule has 0 heterocycles. The van der Waals surface area contributed by atoms with E-state index in [0.717, 1.165) is 9.13 Å². The Morgan fingerprint density at radius 3 is 2.43 bits per heavy atom. The summed E-state index contributed by atoms with van der Waals surface area (Å²) in [4.78, 5) is 0. The maximum absolute atomic E-state index is 12.5. The van der Waals surface area contributed by atoms with E-state index in [1.54, 1.807) is 19.2 Å². The Hall–Kier alpha value is -1.28. The molecule has 0 saturated carbocycles. The lowest BCUT2D eigenvalue weighted by Gasteiger charge is -2.21. The molecular formula is C15H13F3INO. The van der Waals surface area contributed by atoms with Gasteiger partial charge in [0.15, 0.2) is 0 Å². The fraction of sp³-hybridized carbons (Fsp3) is 0.200. The molecule has 1 unspecified atom stereocenters. The van der Waals surface area contributed by atoms with Crippen molar-refractivity contribution in [3.8, 4) is 5.75 Å². The molecule has 0 spiro atoms.